The molecule has 0 amide bonds. The van der Waals surface area contributed by atoms with Crippen LogP contribution in [0, 0.1) is 0 Å². The summed E-state index contributed by atoms with van der Waals surface area (Å²) in [4.78, 5) is 12.1. The minimum Gasteiger partial charge on any atom is -0.508 e. The van der Waals surface area contributed by atoms with Crippen molar-refractivity contribution in [2.24, 2.45) is 0 Å². The van der Waals surface area contributed by atoms with Gasteiger partial charge in [-0.2, -0.15) is 0 Å². The van der Waals surface area contributed by atoms with E-state index in [1.165, 1.54) is 6.07 Å². The van der Waals surface area contributed by atoms with Crippen LogP contribution in [0.2, 0.25) is 0 Å². The van der Waals surface area contributed by atoms with Crippen molar-refractivity contribution in [1.29, 1.82) is 0 Å². The third-order valence-corrected chi connectivity index (χ3v) is 3.98. The van der Waals surface area contributed by atoms with Crippen LogP contribution in [-0.2, 0) is 9.47 Å². The van der Waals surface area contributed by atoms with E-state index in [0.29, 0.717) is 43.0 Å². The van der Waals surface area contributed by atoms with Gasteiger partial charge in [0.25, 0.3) is 0 Å². The molecule has 0 spiro atoms. The fourth-order valence-electron chi connectivity index (χ4n) is 2.84. The maximum absolute atomic E-state index is 12.1. The zero-order valence-corrected chi connectivity index (χ0v) is 12.9. The summed E-state index contributed by atoms with van der Waals surface area (Å²) in [6, 6.07) is 10.0. The Morgan fingerprint density at radius 2 is 1.83 bits per heavy atom. The fraction of sp³-hybridized carbons (Fsp3) is 0.278. The average Bonchev–Trinajstić information content (AvgIpc) is 3.08. The van der Waals surface area contributed by atoms with E-state index in [9.17, 15) is 9.90 Å². The first-order chi connectivity index (χ1) is 11.7. The Kier molecular flexibility index (Phi) is 3.84. The summed E-state index contributed by atoms with van der Waals surface area (Å²) in [5.74, 6) is 0.646. The van der Waals surface area contributed by atoms with Crippen LogP contribution in [0.15, 0.2) is 45.6 Å². The molecule has 1 aromatic heterocycles. The standard InChI is InChI=1S/C18H16O6/c19-11-1-3-13-14-4-2-12(21-6-5-17-22-7-8-23-17)10-16(14)24-18(20)15(13)9-11/h1-4,9-10,17,19H,5-8H2. The van der Waals surface area contributed by atoms with Crippen LogP contribution >= 0.6 is 0 Å². The first kappa shape index (κ1) is 15.0. The predicted octanol–water partition coefficient (Wildman–Crippen LogP) is 2.79. The van der Waals surface area contributed by atoms with E-state index in [1.54, 1.807) is 18.2 Å². The summed E-state index contributed by atoms with van der Waals surface area (Å²) in [7, 11) is 0. The molecular weight excluding hydrogens is 312 g/mol. The van der Waals surface area contributed by atoms with Crippen molar-refractivity contribution < 1.29 is 23.7 Å². The number of hydrogen-bond acceptors (Lipinski definition) is 6. The van der Waals surface area contributed by atoms with E-state index in [1.807, 2.05) is 12.1 Å². The molecule has 1 fully saturated rings. The molecule has 1 saturated heterocycles. The first-order valence-electron chi connectivity index (χ1n) is 7.76. The summed E-state index contributed by atoms with van der Waals surface area (Å²) in [5, 5.41) is 11.4. The smallest absolute Gasteiger partial charge is 0.344 e. The number of benzene rings is 2. The Morgan fingerprint density at radius 3 is 2.67 bits per heavy atom. The molecule has 1 aliphatic heterocycles. The summed E-state index contributed by atoms with van der Waals surface area (Å²) >= 11 is 0. The molecule has 0 atom stereocenters. The number of phenols is 1. The SMILES string of the molecule is O=c1oc2cc(OCCC3OCCO3)ccc2c2ccc(O)cc12. The van der Waals surface area contributed by atoms with Gasteiger partial charge in [-0.05, 0) is 30.3 Å². The maximum atomic E-state index is 12.1. The highest BCUT2D eigenvalue weighted by atomic mass is 16.7. The predicted molar refractivity (Wildman–Crippen MR) is 87.5 cm³/mol. The number of aromatic hydroxyl groups is 1. The summed E-state index contributed by atoms with van der Waals surface area (Å²) in [6.45, 7) is 1.69. The van der Waals surface area contributed by atoms with Crippen molar-refractivity contribution in [1.82, 2.24) is 0 Å². The molecule has 2 heterocycles. The molecule has 1 N–H and O–H groups in total. The summed E-state index contributed by atoms with van der Waals surface area (Å²) in [6.07, 6.45) is 0.430. The molecule has 0 bridgehead atoms. The highest BCUT2D eigenvalue weighted by Gasteiger charge is 2.15. The van der Waals surface area contributed by atoms with Crippen LogP contribution in [-0.4, -0.2) is 31.2 Å². The van der Waals surface area contributed by atoms with Gasteiger partial charge in [-0.1, -0.05) is 0 Å². The van der Waals surface area contributed by atoms with Gasteiger partial charge in [-0.25, -0.2) is 4.79 Å². The number of phenolic OH excluding ortho intramolecular Hbond substituents is 1. The zero-order valence-electron chi connectivity index (χ0n) is 12.9. The molecule has 0 aliphatic carbocycles. The van der Waals surface area contributed by atoms with E-state index in [2.05, 4.69) is 0 Å². The Labute approximate surface area is 137 Å². The van der Waals surface area contributed by atoms with Crippen LogP contribution in [0.25, 0.3) is 21.7 Å². The molecule has 0 radical (unpaired) electrons. The van der Waals surface area contributed by atoms with Gasteiger partial charge >= 0.3 is 5.63 Å². The molecular formula is C18H16O6. The zero-order chi connectivity index (χ0) is 16.5. The van der Waals surface area contributed by atoms with Crippen LogP contribution < -0.4 is 10.4 Å². The third kappa shape index (κ3) is 2.81. The van der Waals surface area contributed by atoms with E-state index < -0.39 is 5.63 Å². The second-order valence-corrected chi connectivity index (χ2v) is 5.59. The van der Waals surface area contributed by atoms with Gasteiger partial charge in [0.15, 0.2) is 6.29 Å². The van der Waals surface area contributed by atoms with Crippen LogP contribution in [0.5, 0.6) is 11.5 Å². The van der Waals surface area contributed by atoms with Gasteiger partial charge in [-0.15, -0.1) is 0 Å². The van der Waals surface area contributed by atoms with E-state index >= 15 is 0 Å². The lowest BCUT2D eigenvalue weighted by molar-refractivity contribution is -0.0531. The van der Waals surface area contributed by atoms with Crippen molar-refractivity contribution in [2.75, 3.05) is 19.8 Å². The molecule has 3 aromatic rings. The molecule has 6 nitrogen and oxygen atoms in total. The largest absolute Gasteiger partial charge is 0.508 e. The normalized spacial score (nSPS) is 15.3. The maximum Gasteiger partial charge on any atom is 0.344 e. The monoisotopic (exact) mass is 328 g/mol. The van der Waals surface area contributed by atoms with E-state index in [-0.39, 0.29) is 12.0 Å². The van der Waals surface area contributed by atoms with Crippen LogP contribution in [0.3, 0.4) is 0 Å². The van der Waals surface area contributed by atoms with Gasteiger partial charge in [0.1, 0.15) is 17.1 Å². The third-order valence-electron chi connectivity index (χ3n) is 3.98. The number of rotatable bonds is 4. The molecule has 24 heavy (non-hydrogen) atoms. The Balaban J connectivity index is 1.62. The lowest BCUT2D eigenvalue weighted by Gasteiger charge is -2.11. The van der Waals surface area contributed by atoms with Crippen LogP contribution in [0.1, 0.15) is 6.42 Å². The molecule has 1 aliphatic rings. The van der Waals surface area contributed by atoms with Crippen LogP contribution in [0.4, 0.5) is 0 Å². The van der Waals surface area contributed by atoms with Crippen molar-refractivity contribution in [3.8, 4) is 11.5 Å². The summed E-state index contributed by atoms with van der Waals surface area (Å²) in [5.41, 5.74) is -0.0395. The number of fused-ring (bicyclic) bond motifs is 3. The second-order valence-electron chi connectivity index (χ2n) is 5.59. The number of hydrogen-bond donors (Lipinski definition) is 1. The lowest BCUT2D eigenvalue weighted by Crippen LogP contribution is -2.12. The van der Waals surface area contributed by atoms with Crippen molar-refractivity contribution in [3.63, 3.8) is 0 Å². The molecule has 0 unspecified atom stereocenters. The lowest BCUT2D eigenvalue weighted by atomic mass is 10.1. The van der Waals surface area contributed by atoms with Gasteiger partial charge in [0.2, 0.25) is 0 Å². The number of ether oxygens (including phenoxy) is 3. The highest BCUT2D eigenvalue weighted by Crippen LogP contribution is 2.28. The van der Waals surface area contributed by atoms with Gasteiger partial charge in [-0.3, -0.25) is 0 Å². The quantitative estimate of drug-likeness (QED) is 0.586. The molecule has 124 valence electrons. The van der Waals surface area contributed by atoms with Crippen molar-refractivity contribution in [2.45, 2.75) is 12.7 Å². The van der Waals surface area contributed by atoms with Gasteiger partial charge < -0.3 is 23.7 Å². The second kappa shape index (κ2) is 6.14. The van der Waals surface area contributed by atoms with Gasteiger partial charge in [0.05, 0.1) is 25.2 Å². The van der Waals surface area contributed by atoms with Gasteiger partial charge in [0, 0.05) is 23.3 Å². The highest BCUT2D eigenvalue weighted by molar-refractivity contribution is 6.04. The van der Waals surface area contributed by atoms with E-state index in [4.69, 9.17) is 18.6 Å². The van der Waals surface area contributed by atoms with Crippen molar-refractivity contribution >= 4 is 21.7 Å². The Hall–Kier alpha value is -2.57. The van der Waals surface area contributed by atoms with E-state index in [0.717, 1.165) is 10.8 Å². The topological polar surface area (TPSA) is 78.1 Å². The minimum atomic E-state index is -0.488. The average molecular weight is 328 g/mol. The molecule has 4 rings (SSSR count). The summed E-state index contributed by atoms with van der Waals surface area (Å²) < 4.78 is 21.7. The molecule has 0 saturated carbocycles. The Bertz CT molecular complexity index is 939. The Morgan fingerprint density at radius 1 is 1.04 bits per heavy atom. The first-order valence-corrected chi connectivity index (χ1v) is 7.76. The molecule has 6 heteroatoms. The fourth-order valence-corrected chi connectivity index (χ4v) is 2.84. The molecule has 2 aromatic carbocycles. The van der Waals surface area contributed by atoms with Crippen molar-refractivity contribution in [3.05, 3.63) is 46.8 Å². The minimum absolute atomic E-state index is 0.0328.